The zero-order valence-electron chi connectivity index (χ0n) is 11.7. The summed E-state index contributed by atoms with van der Waals surface area (Å²) in [6, 6.07) is 7.23. The van der Waals surface area contributed by atoms with Crippen molar-refractivity contribution in [1.29, 1.82) is 0 Å². The van der Waals surface area contributed by atoms with Crippen molar-refractivity contribution in [2.45, 2.75) is 20.3 Å². The number of nitrogens with one attached hydrogen (secondary N) is 1. The molecule has 1 aromatic carbocycles. The highest BCUT2D eigenvalue weighted by Gasteiger charge is 2.09. The maximum atomic E-state index is 13.8. The second-order valence-electron chi connectivity index (χ2n) is 4.29. The minimum atomic E-state index is -0.436. The van der Waals surface area contributed by atoms with Gasteiger partial charge in [0.05, 0.1) is 12.8 Å². The molecule has 0 aliphatic rings. The number of aromatic nitrogens is 2. The Balaban J connectivity index is 2.24. The molecule has 2 aromatic rings. The molecule has 0 amide bonds. The number of halogens is 1. The van der Waals surface area contributed by atoms with Gasteiger partial charge in [-0.15, -0.1) is 0 Å². The first-order chi connectivity index (χ1) is 9.74. The third-order valence-electron chi connectivity index (χ3n) is 2.68. The molecule has 0 aliphatic carbocycles. The Morgan fingerprint density at radius 3 is 2.60 bits per heavy atom. The third kappa shape index (κ3) is 3.44. The molecule has 106 valence electrons. The van der Waals surface area contributed by atoms with Crippen LogP contribution in [0, 0.1) is 5.82 Å². The number of hydrogen-bond acceptors (Lipinski definition) is 4. The van der Waals surface area contributed by atoms with Gasteiger partial charge in [0.1, 0.15) is 11.4 Å². The van der Waals surface area contributed by atoms with E-state index < -0.39 is 5.82 Å². The quantitative estimate of drug-likeness (QED) is 0.876. The monoisotopic (exact) mass is 275 g/mol. The molecular formula is C15H18FN3O. The van der Waals surface area contributed by atoms with E-state index in [0.29, 0.717) is 24.7 Å². The van der Waals surface area contributed by atoms with Gasteiger partial charge in [-0.3, -0.25) is 0 Å². The Labute approximate surface area is 118 Å². The minimum absolute atomic E-state index is 0.290. The Hall–Kier alpha value is -2.17. The van der Waals surface area contributed by atoms with Gasteiger partial charge in [0.25, 0.3) is 0 Å². The molecule has 0 aliphatic heterocycles. The van der Waals surface area contributed by atoms with E-state index in [1.54, 1.807) is 12.1 Å². The predicted octanol–water partition coefficient (Wildman–Crippen LogP) is 3.50. The van der Waals surface area contributed by atoms with Crippen molar-refractivity contribution in [1.82, 2.24) is 9.97 Å². The molecular weight excluding hydrogens is 257 g/mol. The molecule has 5 heteroatoms. The van der Waals surface area contributed by atoms with E-state index in [-0.39, 0.29) is 5.69 Å². The van der Waals surface area contributed by atoms with E-state index in [2.05, 4.69) is 15.3 Å². The Morgan fingerprint density at radius 2 is 1.95 bits per heavy atom. The SMILES string of the molecule is CCCOc1ccc(-c2nc(NCC)ncc2F)cc1. The highest BCUT2D eigenvalue weighted by molar-refractivity contribution is 5.61. The zero-order valence-corrected chi connectivity index (χ0v) is 11.7. The first-order valence-electron chi connectivity index (χ1n) is 6.74. The number of ether oxygens (including phenoxy) is 1. The van der Waals surface area contributed by atoms with E-state index in [9.17, 15) is 4.39 Å². The fraction of sp³-hybridized carbons (Fsp3) is 0.333. The van der Waals surface area contributed by atoms with Crippen molar-refractivity contribution in [3.63, 3.8) is 0 Å². The lowest BCUT2D eigenvalue weighted by molar-refractivity contribution is 0.317. The van der Waals surface area contributed by atoms with Crippen molar-refractivity contribution in [3.05, 3.63) is 36.3 Å². The van der Waals surface area contributed by atoms with Gasteiger partial charge < -0.3 is 10.1 Å². The zero-order chi connectivity index (χ0) is 14.4. The van der Waals surface area contributed by atoms with Crippen LogP contribution in [0.1, 0.15) is 20.3 Å². The van der Waals surface area contributed by atoms with Crippen LogP contribution in [0.25, 0.3) is 11.3 Å². The molecule has 20 heavy (non-hydrogen) atoms. The molecule has 0 bridgehead atoms. The lowest BCUT2D eigenvalue weighted by atomic mass is 10.1. The van der Waals surface area contributed by atoms with Crippen molar-refractivity contribution in [3.8, 4) is 17.0 Å². The van der Waals surface area contributed by atoms with Crippen LogP contribution >= 0.6 is 0 Å². The Morgan fingerprint density at radius 1 is 1.20 bits per heavy atom. The minimum Gasteiger partial charge on any atom is -0.494 e. The molecule has 1 aromatic heterocycles. The fourth-order valence-electron chi connectivity index (χ4n) is 1.74. The van der Waals surface area contributed by atoms with Crippen LogP contribution in [-0.4, -0.2) is 23.1 Å². The summed E-state index contributed by atoms with van der Waals surface area (Å²) in [5.74, 6) is 0.765. The smallest absolute Gasteiger partial charge is 0.223 e. The van der Waals surface area contributed by atoms with Crippen LogP contribution in [-0.2, 0) is 0 Å². The average molecular weight is 275 g/mol. The van der Waals surface area contributed by atoms with Crippen LogP contribution in [0.5, 0.6) is 5.75 Å². The van der Waals surface area contributed by atoms with Crippen molar-refractivity contribution in [2.24, 2.45) is 0 Å². The topological polar surface area (TPSA) is 47.0 Å². The summed E-state index contributed by atoms with van der Waals surface area (Å²) in [7, 11) is 0. The molecule has 4 nitrogen and oxygen atoms in total. The molecule has 2 rings (SSSR count). The van der Waals surface area contributed by atoms with Gasteiger partial charge in [0.2, 0.25) is 5.95 Å². The highest BCUT2D eigenvalue weighted by atomic mass is 19.1. The van der Waals surface area contributed by atoms with Gasteiger partial charge in [-0.25, -0.2) is 14.4 Å². The Kier molecular flexibility index (Phi) is 4.87. The molecule has 1 heterocycles. The molecule has 0 saturated carbocycles. The molecule has 0 atom stereocenters. The molecule has 0 unspecified atom stereocenters. The van der Waals surface area contributed by atoms with Crippen molar-refractivity contribution >= 4 is 5.95 Å². The van der Waals surface area contributed by atoms with E-state index in [1.165, 1.54) is 6.20 Å². The van der Waals surface area contributed by atoms with Gasteiger partial charge in [0, 0.05) is 12.1 Å². The highest BCUT2D eigenvalue weighted by Crippen LogP contribution is 2.23. The summed E-state index contributed by atoms with van der Waals surface area (Å²) in [6.07, 6.45) is 2.14. The van der Waals surface area contributed by atoms with Crippen LogP contribution in [0.3, 0.4) is 0 Å². The molecule has 0 fully saturated rings. The van der Waals surface area contributed by atoms with Crippen LogP contribution in [0.4, 0.5) is 10.3 Å². The normalized spacial score (nSPS) is 10.3. The largest absolute Gasteiger partial charge is 0.494 e. The summed E-state index contributed by atoms with van der Waals surface area (Å²) in [5, 5.41) is 2.97. The van der Waals surface area contributed by atoms with Crippen molar-refractivity contribution in [2.75, 3.05) is 18.5 Å². The number of rotatable bonds is 6. The van der Waals surface area contributed by atoms with E-state index in [1.807, 2.05) is 26.0 Å². The first kappa shape index (κ1) is 14.2. The van der Waals surface area contributed by atoms with Gasteiger partial charge in [0.15, 0.2) is 5.82 Å². The molecule has 1 N–H and O–H groups in total. The number of benzene rings is 1. The van der Waals surface area contributed by atoms with E-state index >= 15 is 0 Å². The fourth-order valence-corrected chi connectivity index (χ4v) is 1.74. The summed E-state index contributed by atoms with van der Waals surface area (Å²) >= 11 is 0. The summed E-state index contributed by atoms with van der Waals surface area (Å²) in [5.41, 5.74) is 0.992. The van der Waals surface area contributed by atoms with Gasteiger partial charge in [-0.2, -0.15) is 0 Å². The third-order valence-corrected chi connectivity index (χ3v) is 2.68. The molecule has 0 radical (unpaired) electrons. The van der Waals surface area contributed by atoms with Crippen LogP contribution in [0.15, 0.2) is 30.5 Å². The molecule has 0 saturated heterocycles. The second-order valence-corrected chi connectivity index (χ2v) is 4.29. The van der Waals surface area contributed by atoms with Gasteiger partial charge in [-0.05, 0) is 37.6 Å². The lowest BCUT2D eigenvalue weighted by Gasteiger charge is -2.08. The van der Waals surface area contributed by atoms with Gasteiger partial charge >= 0.3 is 0 Å². The van der Waals surface area contributed by atoms with Gasteiger partial charge in [-0.1, -0.05) is 6.92 Å². The maximum absolute atomic E-state index is 13.8. The van der Waals surface area contributed by atoms with E-state index in [0.717, 1.165) is 12.2 Å². The standard InChI is InChI=1S/C15H18FN3O/c1-3-9-20-12-7-5-11(6-8-12)14-13(16)10-18-15(19-14)17-4-2/h5-8,10H,3-4,9H2,1-2H3,(H,17,18,19). The summed E-state index contributed by atoms with van der Waals surface area (Å²) in [4.78, 5) is 8.08. The molecule has 0 spiro atoms. The Bertz CT molecular complexity index is 558. The summed E-state index contributed by atoms with van der Waals surface area (Å²) < 4.78 is 19.3. The number of hydrogen-bond donors (Lipinski definition) is 1. The summed E-state index contributed by atoms with van der Waals surface area (Å²) in [6.45, 7) is 5.35. The average Bonchev–Trinajstić information content (AvgIpc) is 2.48. The van der Waals surface area contributed by atoms with Crippen molar-refractivity contribution < 1.29 is 9.13 Å². The van der Waals surface area contributed by atoms with E-state index in [4.69, 9.17) is 4.74 Å². The maximum Gasteiger partial charge on any atom is 0.223 e. The number of anilines is 1. The second kappa shape index (κ2) is 6.84. The predicted molar refractivity (Wildman–Crippen MR) is 77.4 cm³/mol. The van der Waals surface area contributed by atoms with Crippen LogP contribution < -0.4 is 10.1 Å². The lowest BCUT2D eigenvalue weighted by Crippen LogP contribution is -2.04. The first-order valence-corrected chi connectivity index (χ1v) is 6.74. The van der Waals surface area contributed by atoms with Crippen LogP contribution in [0.2, 0.25) is 0 Å². The number of nitrogens with zero attached hydrogens (tertiary/aromatic N) is 2.